The number of rotatable bonds is 1. The zero-order chi connectivity index (χ0) is 12.7. The minimum absolute atomic E-state index is 0.169. The molecule has 0 bridgehead atoms. The van der Waals surface area contributed by atoms with Gasteiger partial charge in [-0.1, -0.05) is 0 Å². The van der Waals surface area contributed by atoms with E-state index in [0.29, 0.717) is 24.6 Å². The third kappa shape index (κ3) is 1.88. The van der Waals surface area contributed by atoms with Gasteiger partial charge in [-0.3, -0.25) is 4.79 Å². The fourth-order valence-electron chi connectivity index (χ4n) is 3.12. The van der Waals surface area contributed by atoms with Gasteiger partial charge in [0.15, 0.2) is 0 Å². The third-order valence-corrected chi connectivity index (χ3v) is 4.08. The Morgan fingerprint density at radius 2 is 2.28 bits per heavy atom. The zero-order valence-corrected chi connectivity index (χ0v) is 9.92. The van der Waals surface area contributed by atoms with Gasteiger partial charge in [0.1, 0.15) is 0 Å². The van der Waals surface area contributed by atoms with Crippen molar-refractivity contribution in [2.75, 3.05) is 13.1 Å². The maximum atomic E-state index is 13.0. The molecule has 96 valence electrons. The fraction of sp³-hybridized carbons (Fsp3) is 0.538. The van der Waals surface area contributed by atoms with Gasteiger partial charge in [0.25, 0.3) is 5.91 Å². The van der Waals surface area contributed by atoms with Crippen molar-refractivity contribution >= 4 is 5.91 Å². The average Bonchev–Trinajstić information content (AvgIpc) is 2.91. The van der Waals surface area contributed by atoms with E-state index >= 15 is 0 Å². The lowest BCUT2D eigenvalue weighted by atomic mass is 10.00. The number of likely N-dealkylation sites (tertiary alicyclic amines) is 1. The highest BCUT2D eigenvalue weighted by molar-refractivity contribution is 5.94. The molecule has 4 nitrogen and oxygen atoms in total. The fourth-order valence-corrected chi connectivity index (χ4v) is 3.12. The van der Waals surface area contributed by atoms with Crippen molar-refractivity contribution in [3.05, 3.63) is 29.8 Å². The molecule has 0 spiro atoms. The maximum Gasteiger partial charge on any atom is 0.254 e. The maximum absolute atomic E-state index is 13.0. The molecule has 1 saturated carbocycles. The first kappa shape index (κ1) is 11.6. The smallest absolute Gasteiger partial charge is 0.254 e. The molecule has 3 unspecified atom stereocenters. The van der Waals surface area contributed by atoms with E-state index in [1.54, 1.807) is 4.90 Å². The molecule has 1 aliphatic carbocycles. The number of fused-ring (bicyclic) bond motifs is 1. The molecular weight excluding hydrogens is 235 g/mol. The van der Waals surface area contributed by atoms with Gasteiger partial charge in [-0.25, -0.2) is 4.98 Å². The third-order valence-electron chi connectivity index (χ3n) is 4.08. The van der Waals surface area contributed by atoms with E-state index < -0.39 is 5.95 Å². The minimum atomic E-state index is -0.639. The van der Waals surface area contributed by atoms with Crippen LogP contribution in [0.5, 0.6) is 0 Å². The molecule has 1 saturated heterocycles. The Labute approximate surface area is 104 Å². The number of pyridine rings is 1. The van der Waals surface area contributed by atoms with Crippen molar-refractivity contribution in [1.82, 2.24) is 9.88 Å². The van der Waals surface area contributed by atoms with Gasteiger partial charge in [-0.15, -0.1) is 0 Å². The zero-order valence-electron chi connectivity index (χ0n) is 9.92. The molecule has 1 aromatic heterocycles. The van der Waals surface area contributed by atoms with E-state index in [9.17, 15) is 14.3 Å². The Bertz CT molecular complexity index is 480. The van der Waals surface area contributed by atoms with Gasteiger partial charge in [-0.2, -0.15) is 4.39 Å². The van der Waals surface area contributed by atoms with Crippen LogP contribution in [0.25, 0.3) is 0 Å². The number of aliphatic hydroxyl groups is 1. The molecule has 5 heteroatoms. The van der Waals surface area contributed by atoms with Gasteiger partial charge in [-0.05, 0) is 24.8 Å². The number of carbonyl (C=O) groups excluding carboxylic acids is 1. The lowest BCUT2D eigenvalue weighted by Gasteiger charge is -2.18. The SMILES string of the molecule is O=C(c1ccnc(F)c1)N1CC2CCC(O)C2C1. The number of amides is 1. The molecule has 1 aromatic rings. The highest BCUT2D eigenvalue weighted by atomic mass is 19.1. The average molecular weight is 250 g/mol. The number of aliphatic hydroxyl groups excluding tert-OH is 1. The second-order valence-corrected chi connectivity index (χ2v) is 5.15. The molecule has 3 atom stereocenters. The topological polar surface area (TPSA) is 53.4 Å². The highest BCUT2D eigenvalue weighted by Gasteiger charge is 2.43. The number of nitrogens with zero attached hydrogens (tertiary/aromatic N) is 2. The monoisotopic (exact) mass is 250 g/mol. The molecule has 2 aliphatic rings. The summed E-state index contributed by atoms with van der Waals surface area (Å²) in [4.78, 5) is 17.3. The Balaban J connectivity index is 1.75. The van der Waals surface area contributed by atoms with Gasteiger partial charge in [0, 0.05) is 36.8 Å². The standard InChI is InChI=1S/C13H15FN2O2/c14-12-5-8(3-4-15-12)13(18)16-6-9-1-2-11(17)10(9)7-16/h3-5,9-11,17H,1-2,6-7H2. The van der Waals surface area contributed by atoms with Crippen LogP contribution in [0.2, 0.25) is 0 Å². The van der Waals surface area contributed by atoms with Crippen LogP contribution >= 0.6 is 0 Å². The van der Waals surface area contributed by atoms with Gasteiger partial charge in [0.05, 0.1) is 6.10 Å². The summed E-state index contributed by atoms with van der Waals surface area (Å²) in [5.41, 5.74) is 0.331. The first-order valence-corrected chi connectivity index (χ1v) is 6.24. The van der Waals surface area contributed by atoms with Crippen LogP contribution < -0.4 is 0 Å². The Morgan fingerprint density at radius 3 is 3.00 bits per heavy atom. The molecule has 0 radical (unpaired) electrons. The van der Waals surface area contributed by atoms with Crippen LogP contribution in [0.15, 0.2) is 18.3 Å². The highest BCUT2D eigenvalue weighted by Crippen LogP contribution is 2.38. The number of aromatic nitrogens is 1. The second-order valence-electron chi connectivity index (χ2n) is 5.15. The van der Waals surface area contributed by atoms with E-state index in [1.165, 1.54) is 12.3 Å². The number of halogens is 1. The molecule has 1 aliphatic heterocycles. The predicted octanol–water partition coefficient (Wildman–Crippen LogP) is 1.06. The quantitative estimate of drug-likeness (QED) is 0.758. The van der Waals surface area contributed by atoms with E-state index in [0.717, 1.165) is 18.9 Å². The van der Waals surface area contributed by atoms with Crippen molar-refractivity contribution in [2.45, 2.75) is 18.9 Å². The number of carbonyl (C=O) groups is 1. The van der Waals surface area contributed by atoms with Crippen LogP contribution in [0.4, 0.5) is 4.39 Å². The molecule has 1 N–H and O–H groups in total. The molecule has 3 rings (SSSR count). The summed E-state index contributed by atoms with van der Waals surface area (Å²) in [6.07, 6.45) is 2.82. The Kier molecular flexibility index (Phi) is 2.78. The van der Waals surface area contributed by atoms with Crippen molar-refractivity contribution in [2.24, 2.45) is 11.8 Å². The molecule has 1 amide bonds. The first-order chi connectivity index (χ1) is 8.65. The Morgan fingerprint density at radius 1 is 1.44 bits per heavy atom. The first-order valence-electron chi connectivity index (χ1n) is 6.24. The van der Waals surface area contributed by atoms with Crippen LogP contribution in [0.3, 0.4) is 0 Å². The summed E-state index contributed by atoms with van der Waals surface area (Å²) < 4.78 is 13.0. The molecule has 2 fully saturated rings. The lowest BCUT2D eigenvalue weighted by Crippen LogP contribution is -2.31. The summed E-state index contributed by atoms with van der Waals surface area (Å²) in [5, 5.41) is 9.81. The molecule has 2 heterocycles. The number of hydrogen-bond donors (Lipinski definition) is 1. The largest absolute Gasteiger partial charge is 0.393 e. The second kappa shape index (κ2) is 4.31. The molecule has 0 aromatic carbocycles. The van der Waals surface area contributed by atoms with Gasteiger partial charge >= 0.3 is 0 Å². The number of hydrogen-bond acceptors (Lipinski definition) is 3. The summed E-state index contributed by atoms with van der Waals surface area (Å²) >= 11 is 0. The lowest BCUT2D eigenvalue weighted by molar-refractivity contribution is 0.0751. The summed E-state index contributed by atoms with van der Waals surface area (Å²) in [5.74, 6) is -0.213. The van der Waals surface area contributed by atoms with Crippen LogP contribution in [0, 0.1) is 17.8 Å². The summed E-state index contributed by atoms with van der Waals surface area (Å²) in [6.45, 7) is 1.25. The summed E-state index contributed by atoms with van der Waals surface area (Å²) in [7, 11) is 0. The predicted molar refractivity (Wildman–Crippen MR) is 62.3 cm³/mol. The Hall–Kier alpha value is -1.49. The van der Waals surface area contributed by atoms with Crippen LogP contribution in [-0.2, 0) is 0 Å². The van der Waals surface area contributed by atoms with Gasteiger partial charge < -0.3 is 10.0 Å². The van der Waals surface area contributed by atoms with E-state index in [2.05, 4.69) is 4.98 Å². The van der Waals surface area contributed by atoms with Crippen molar-refractivity contribution < 1.29 is 14.3 Å². The minimum Gasteiger partial charge on any atom is -0.393 e. The van der Waals surface area contributed by atoms with E-state index in [-0.39, 0.29) is 17.9 Å². The van der Waals surface area contributed by atoms with Crippen molar-refractivity contribution in [3.8, 4) is 0 Å². The molecule has 18 heavy (non-hydrogen) atoms. The normalized spacial score (nSPS) is 30.6. The van der Waals surface area contributed by atoms with Gasteiger partial charge in [0.2, 0.25) is 5.95 Å². The van der Waals surface area contributed by atoms with E-state index in [4.69, 9.17) is 0 Å². The molecular formula is C13H15FN2O2. The van der Waals surface area contributed by atoms with Crippen molar-refractivity contribution in [1.29, 1.82) is 0 Å². The summed E-state index contributed by atoms with van der Waals surface area (Å²) in [6, 6.07) is 2.68. The van der Waals surface area contributed by atoms with Crippen LogP contribution in [0.1, 0.15) is 23.2 Å². The van der Waals surface area contributed by atoms with E-state index in [1.807, 2.05) is 0 Å². The van der Waals surface area contributed by atoms with Crippen molar-refractivity contribution in [3.63, 3.8) is 0 Å². The van der Waals surface area contributed by atoms with Crippen LogP contribution in [-0.4, -0.2) is 40.1 Å².